The monoisotopic (exact) mass is 602 g/mol. The molecule has 3 unspecified atom stereocenters. The fourth-order valence-corrected chi connectivity index (χ4v) is 5.59. The van der Waals surface area contributed by atoms with E-state index in [-0.39, 0.29) is 52.1 Å². The molecule has 3 heterocycles. The van der Waals surface area contributed by atoms with Gasteiger partial charge in [-0.2, -0.15) is 0 Å². The summed E-state index contributed by atoms with van der Waals surface area (Å²) in [5.41, 5.74) is 0.926. The number of hydrogen-bond donors (Lipinski definition) is 5. The Hall–Kier alpha value is -4.54. The van der Waals surface area contributed by atoms with Gasteiger partial charge in [-0.3, -0.25) is 10.1 Å². The molecule has 0 spiro atoms. The Morgan fingerprint density at radius 2 is 2.07 bits per heavy atom. The van der Waals surface area contributed by atoms with E-state index >= 15 is 0 Å². The summed E-state index contributed by atoms with van der Waals surface area (Å²) in [4.78, 5) is 26.3. The minimum atomic E-state index is -1.08. The Balaban J connectivity index is 1.66. The van der Waals surface area contributed by atoms with Gasteiger partial charge in [-0.25, -0.2) is 4.79 Å². The molecule has 232 valence electrons. The Morgan fingerprint density at radius 1 is 1.27 bits per heavy atom. The number of carbonyl (C=O) groups excluding carboxylic acids is 1. The SMILES string of the molecule is CC=C(C)C(=O)OC1Cc2c(c(-c3cccc(O)c3)c3oc(CO)cc(=O)c3c2O)OC1(C)CCC1=CNC(NCC)C=C1. The third kappa shape index (κ3) is 5.95. The molecule has 3 aromatic rings. The van der Waals surface area contributed by atoms with Crippen LogP contribution < -0.4 is 20.8 Å². The van der Waals surface area contributed by atoms with Crippen molar-refractivity contribution >= 4 is 16.9 Å². The fourth-order valence-electron chi connectivity index (χ4n) is 5.59. The highest BCUT2D eigenvalue weighted by atomic mass is 16.6. The number of carbonyl (C=O) groups is 1. The van der Waals surface area contributed by atoms with Crippen molar-refractivity contribution in [2.24, 2.45) is 0 Å². The number of phenols is 2. The van der Waals surface area contributed by atoms with Crippen molar-refractivity contribution in [1.29, 1.82) is 0 Å². The number of ether oxygens (including phenoxy) is 2. The van der Waals surface area contributed by atoms with Gasteiger partial charge >= 0.3 is 5.97 Å². The lowest BCUT2D eigenvalue weighted by atomic mass is 9.82. The van der Waals surface area contributed by atoms with Crippen LogP contribution in [-0.2, 0) is 22.6 Å². The van der Waals surface area contributed by atoms with Gasteiger partial charge in [0, 0.05) is 29.8 Å². The lowest BCUT2D eigenvalue weighted by Gasteiger charge is -2.43. The Kier molecular flexibility index (Phi) is 8.85. The van der Waals surface area contributed by atoms with Gasteiger partial charge in [-0.1, -0.05) is 31.2 Å². The third-order valence-corrected chi connectivity index (χ3v) is 8.24. The lowest BCUT2D eigenvalue weighted by molar-refractivity contribution is -0.158. The lowest BCUT2D eigenvalue weighted by Crippen LogP contribution is -2.51. The van der Waals surface area contributed by atoms with Crippen molar-refractivity contribution in [3.63, 3.8) is 0 Å². The standard InChI is InChI=1S/C34H38N2O8/c1-5-19(3)33(41)43-26-16-24-30(40)29-25(39)15-23(18-37)42-32(29)28(21-8-7-9-22(38)14-21)31(24)44-34(26,4)13-12-20-10-11-27(35-6-2)36-17-20/h5,7-11,14-15,17,26-27,35-38,40H,6,12-13,16,18H2,1-4H3. The summed E-state index contributed by atoms with van der Waals surface area (Å²) in [6.45, 7) is 7.59. The molecule has 2 aliphatic rings. The zero-order valence-electron chi connectivity index (χ0n) is 25.3. The summed E-state index contributed by atoms with van der Waals surface area (Å²) in [5, 5.41) is 38.2. The van der Waals surface area contributed by atoms with E-state index in [9.17, 15) is 24.9 Å². The maximum atomic E-state index is 13.2. The van der Waals surface area contributed by atoms with E-state index in [1.54, 1.807) is 32.1 Å². The summed E-state index contributed by atoms with van der Waals surface area (Å²) >= 11 is 0. The highest BCUT2D eigenvalue weighted by molar-refractivity contribution is 6.01. The largest absolute Gasteiger partial charge is 0.508 e. The number of esters is 1. The maximum Gasteiger partial charge on any atom is 0.333 e. The number of fused-ring (bicyclic) bond motifs is 2. The van der Waals surface area contributed by atoms with Crippen LogP contribution >= 0.6 is 0 Å². The molecular weight excluding hydrogens is 564 g/mol. The normalized spacial score (nSPS) is 21.3. The van der Waals surface area contributed by atoms with Crippen molar-refractivity contribution in [2.45, 2.75) is 71.4 Å². The summed E-state index contributed by atoms with van der Waals surface area (Å²) in [7, 11) is 0. The summed E-state index contributed by atoms with van der Waals surface area (Å²) in [6.07, 6.45) is 7.97. The number of rotatable bonds is 9. The number of likely N-dealkylation sites (N-methyl/N-ethyl adjacent to an activating group) is 1. The minimum absolute atomic E-state index is 0.00912. The number of benzene rings is 2. The highest BCUT2D eigenvalue weighted by Gasteiger charge is 2.46. The minimum Gasteiger partial charge on any atom is -0.508 e. The summed E-state index contributed by atoms with van der Waals surface area (Å²) in [6, 6.07) is 7.51. The van der Waals surface area contributed by atoms with Crippen molar-refractivity contribution in [3.8, 4) is 28.4 Å². The molecule has 10 heteroatoms. The first-order valence-corrected chi connectivity index (χ1v) is 14.7. The number of aliphatic hydroxyl groups excluding tert-OH is 1. The van der Waals surface area contributed by atoms with Crippen LogP contribution in [0.25, 0.3) is 22.1 Å². The Morgan fingerprint density at radius 3 is 2.73 bits per heavy atom. The van der Waals surface area contributed by atoms with Crippen LogP contribution in [0.15, 0.2) is 75.1 Å². The van der Waals surface area contributed by atoms with Gasteiger partial charge in [0.25, 0.3) is 0 Å². The first-order chi connectivity index (χ1) is 21.1. The van der Waals surface area contributed by atoms with Crippen molar-refractivity contribution in [1.82, 2.24) is 10.6 Å². The van der Waals surface area contributed by atoms with Crippen molar-refractivity contribution in [3.05, 3.63) is 87.5 Å². The molecule has 2 aromatic carbocycles. The quantitative estimate of drug-likeness (QED) is 0.172. The summed E-state index contributed by atoms with van der Waals surface area (Å²) in [5.74, 6) is -0.627. The van der Waals surface area contributed by atoms with E-state index in [1.165, 1.54) is 12.1 Å². The first-order valence-electron chi connectivity index (χ1n) is 14.7. The Bertz CT molecular complexity index is 1740. The van der Waals surface area contributed by atoms with Crippen LogP contribution in [0, 0.1) is 0 Å². The zero-order valence-corrected chi connectivity index (χ0v) is 25.3. The third-order valence-electron chi connectivity index (χ3n) is 8.24. The predicted octanol–water partition coefficient (Wildman–Crippen LogP) is 4.69. The summed E-state index contributed by atoms with van der Waals surface area (Å²) < 4.78 is 18.8. The number of nitrogens with one attached hydrogen (secondary N) is 2. The molecular formula is C34H38N2O8. The average molecular weight is 603 g/mol. The van der Waals surface area contributed by atoms with Crippen LogP contribution in [0.4, 0.5) is 0 Å². The zero-order chi connectivity index (χ0) is 31.6. The van der Waals surface area contributed by atoms with Gasteiger partial charge in [0.2, 0.25) is 0 Å². The molecule has 0 saturated carbocycles. The van der Waals surface area contributed by atoms with Gasteiger partial charge in [0.1, 0.15) is 46.7 Å². The molecule has 0 saturated heterocycles. The van der Waals surface area contributed by atoms with Gasteiger partial charge in [-0.15, -0.1) is 0 Å². The van der Waals surface area contributed by atoms with Gasteiger partial charge in [0.15, 0.2) is 11.0 Å². The van der Waals surface area contributed by atoms with E-state index in [0.29, 0.717) is 29.5 Å². The van der Waals surface area contributed by atoms with Crippen LogP contribution in [0.1, 0.15) is 51.9 Å². The second kappa shape index (κ2) is 12.6. The van der Waals surface area contributed by atoms with Crippen molar-refractivity contribution in [2.75, 3.05) is 6.54 Å². The van der Waals surface area contributed by atoms with Gasteiger partial charge < -0.3 is 34.5 Å². The number of phenolic OH excluding ortho intramolecular Hbond substituents is 2. The molecule has 0 bridgehead atoms. The molecule has 5 N–H and O–H groups in total. The van der Waals surface area contributed by atoms with E-state index in [2.05, 4.69) is 10.6 Å². The maximum absolute atomic E-state index is 13.2. The molecule has 3 atom stereocenters. The fraction of sp³-hybridized carbons (Fsp3) is 0.353. The second-order valence-corrected chi connectivity index (χ2v) is 11.3. The Labute approximate surface area is 255 Å². The van der Waals surface area contributed by atoms with Crippen LogP contribution in [-0.4, -0.2) is 45.7 Å². The number of aliphatic hydroxyl groups is 1. The number of dihydropyridines is 1. The molecule has 2 aliphatic heterocycles. The van der Waals surface area contributed by atoms with Crippen LogP contribution in [0.5, 0.6) is 17.2 Å². The van der Waals surface area contributed by atoms with Gasteiger partial charge in [0.05, 0.1) is 11.7 Å². The van der Waals surface area contributed by atoms with E-state index in [0.717, 1.165) is 18.2 Å². The smallest absolute Gasteiger partial charge is 0.333 e. The van der Waals surface area contributed by atoms with Crippen LogP contribution in [0.2, 0.25) is 0 Å². The highest BCUT2D eigenvalue weighted by Crippen LogP contribution is 2.51. The second-order valence-electron chi connectivity index (χ2n) is 11.3. The van der Waals surface area contributed by atoms with Crippen LogP contribution in [0.3, 0.4) is 0 Å². The average Bonchev–Trinajstić information content (AvgIpc) is 3.01. The van der Waals surface area contributed by atoms with E-state index < -0.39 is 29.7 Å². The number of allylic oxidation sites excluding steroid dienone is 3. The van der Waals surface area contributed by atoms with Crippen molar-refractivity contribution < 1.29 is 34.0 Å². The first kappa shape index (κ1) is 30.9. The molecule has 1 aromatic heterocycles. The molecule has 0 fully saturated rings. The van der Waals surface area contributed by atoms with E-state index in [4.69, 9.17) is 13.9 Å². The predicted molar refractivity (Wildman–Crippen MR) is 166 cm³/mol. The number of hydrogen-bond acceptors (Lipinski definition) is 10. The molecule has 44 heavy (non-hydrogen) atoms. The molecule has 0 amide bonds. The van der Waals surface area contributed by atoms with Gasteiger partial charge in [-0.05, 0) is 69.5 Å². The number of aromatic hydroxyl groups is 2. The molecule has 10 nitrogen and oxygen atoms in total. The molecule has 5 rings (SSSR count). The molecule has 0 radical (unpaired) electrons. The topological polar surface area (TPSA) is 150 Å². The molecule has 0 aliphatic carbocycles. The van der Waals surface area contributed by atoms with E-state index in [1.807, 2.05) is 32.2 Å².